The third-order valence-corrected chi connectivity index (χ3v) is 21.9. The van der Waals surface area contributed by atoms with Crippen LogP contribution in [-0.4, -0.2) is 66.1 Å². The molecule has 2 saturated heterocycles. The van der Waals surface area contributed by atoms with E-state index in [1.54, 1.807) is 0 Å². The number of benzene rings is 14. The highest BCUT2D eigenvalue weighted by atomic mass is 16.5. The highest BCUT2D eigenvalue weighted by Crippen LogP contribution is 2.49. The predicted molar refractivity (Wildman–Crippen MR) is 426 cm³/mol. The van der Waals surface area contributed by atoms with Crippen molar-refractivity contribution in [2.45, 2.75) is 78.4 Å². The first-order chi connectivity index (χ1) is 50.9. The monoisotopic (exact) mass is 1350 g/mol. The molecule has 2 fully saturated rings. The van der Waals surface area contributed by atoms with Crippen molar-refractivity contribution < 1.29 is 33.2 Å². The van der Waals surface area contributed by atoms with Gasteiger partial charge in [0.15, 0.2) is 0 Å². The van der Waals surface area contributed by atoms with Crippen LogP contribution in [-0.2, 0) is 41.6 Å². The summed E-state index contributed by atoms with van der Waals surface area (Å²) >= 11 is 0. The fraction of sp³-hybridized carbons (Fsp3) is 0.250. The Morgan fingerprint density at radius 2 is 0.534 bits per heavy atom. The number of unbranched alkanes of at least 4 members (excludes halogenated alkanes) is 4. The number of fused-ring (bicyclic) bond motifs is 6. The summed E-state index contributed by atoms with van der Waals surface area (Å²) in [5, 5.41) is 14.6. The van der Waals surface area contributed by atoms with Gasteiger partial charge in [-0.15, -0.1) is 0 Å². The molecule has 14 aromatic rings. The largest absolute Gasteiger partial charge is 0.457 e. The minimum absolute atomic E-state index is 0.247. The Kier molecular flexibility index (Phi) is 20.4. The van der Waals surface area contributed by atoms with Crippen molar-refractivity contribution in [2.75, 3.05) is 66.1 Å². The van der Waals surface area contributed by atoms with Crippen molar-refractivity contribution in [3.8, 4) is 78.3 Å². The van der Waals surface area contributed by atoms with E-state index in [1.165, 1.54) is 131 Å². The van der Waals surface area contributed by atoms with Gasteiger partial charge in [-0.2, -0.15) is 0 Å². The Morgan fingerprint density at radius 3 is 0.854 bits per heavy atom. The Bertz CT molecular complexity index is 5160. The van der Waals surface area contributed by atoms with Gasteiger partial charge in [0.25, 0.3) is 0 Å². The summed E-state index contributed by atoms with van der Waals surface area (Å²) in [6.45, 7) is 13.7. The van der Waals surface area contributed by atoms with Gasteiger partial charge in [-0.05, 0) is 218 Å². The van der Waals surface area contributed by atoms with Crippen molar-refractivity contribution in [3.63, 3.8) is 0 Å². The molecule has 0 radical (unpaired) electrons. The lowest BCUT2D eigenvalue weighted by Crippen LogP contribution is -2.45. The summed E-state index contributed by atoms with van der Waals surface area (Å²) < 4.78 is 41.9. The van der Waals surface area contributed by atoms with Crippen LogP contribution in [0.4, 0.5) is 0 Å². The Balaban J connectivity index is 0.600. The maximum Gasteiger partial charge on any atom is 0.127 e. The Labute approximate surface area is 605 Å². The van der Waals surface area contributed by atoms with Crippen molar-refractivity contribution in [1.82, 2.24) is 0 Å². The lowest BCUT2D eigenvalue weighted by atomic mass is 9.83. The second-order valence-electron chi connectivity index (χ2n) is 28.7. The summed E-state index contributed by atoms with van der Waals surface area (Å²) in [4.78, 5) is 0. The van der Waals surface area contributed by atoms with E-state index < -0.39 is 0 Å². The standard InChI is InChI=1S/C96H90O7/c1-3-95(63-101-64-95)61-99-57-21-5-19-55-97-59-67-35-39-69(40-36-67)75-51-53-89(79-25-9-7-23-77(75)79)94-87-33-17-13-29-83(87)92(84-30-14-18-34-88(84)94)72-45-49-74(50-46-72)103-73-47-43-70(44-48-73)76-52-54-90(80-26-10-8-24-78(76)80)93-85-31-15-11-27-81(85)91(82-28-12-16-32-86(82)93)71-41-37-68(38-42-71)60-98-56-20-6-22-58-100-62-96(4-2)65-102-66-96/h7-18,23-54H,3-6,19-22,55-66H2,1-2H3. The van der Waals surface area contributed by atoms with Crippen molar-refractivity contribution in [3.05, 3.63) is 278 Å². The molecule has 0 spiro atoms. The molecule has 103 heavy (non-hydrogen) atoms. The molecule has 0 unspecified atom stereocenters. The highest BCUT2D eigenvalue weighted by Gasteiger charge is 2.38. The molecule has 0 bridgehead atoms. The van der Waals surface area contributed by atoms with Gasteiger partial charge in [-0.3, -0.25) is 0 Å². The molecular formula is C96H90O7. The van der Waals surface area contributed by atoms with E-state index in [4.69, 9.17) is 33.2 Å². The molecule has 2 aliphatic heterocycles. The quantitative estimate of drug-likeness (QED) is 0.0328. The molecule has 16 rings (SSSR count). The minimum Gasteiger partial charge on any atom is -0.457 e. The van der Waals surface area contributed by atoms with E-state index in [9.17, 15) is 0 Å². The molecule has 7 nitrogen and oxygen atoms in total. The zero-order valence-corrected chi connectivity index (χ0v) is 59.4. The second-order valence-corrected chi connectivity index (χ2v) is 28.7. The van der Waals surface area contributed by atoms with Crippen LogP contribution < -0.4 is 4.74 Å². The van der Waals surface area contributed by atoms with Gasteiger partial charge in [-0.25, -0.2) is 0 Å². The van der Waals surface area contributed by atoms with Gasteiger partial charge in [0.1, 0.15) is 11.5 Å². The molecule has 0 N–H and O–H groups in total. The maximum absolute atomic E-state index is 6.67. The van der Waals surface area contributed by atoms with E-state index in [0.29, 0.717) is 13.2 Å². The lowest BCUT2D eigenvalue weighted by molar-refractivity contribution is -0.150. The van der Waals surface area contributed by atoms with Crippen molar-refractivity contribution >= 4 is 64.6 Å². The third kappa shape index (κ3) is 14.2. The molecule has 0 atom stereocenters. The van der Waals surface area contributed by atoms with E-state index in [0.717, 1.165) is 140 Å². The molecule has 0 saturated carbocycles. The molecular weight excluding hydrogens is 1270 g/mol. The Hall–Kier alpha value is -9.80. The molecule has 14 aromatic carbocycles. The van der Waals surface area contributed by atoms with Crippen LogP contribution in [0.1, 0.15) is 76.3 Å². The molecule has 2 heterocycles. The molecule has 2 aliphatic rings. The van der Waals surface area contributed by atoms with Crippen molar-refractivity contribution in [2.24, 2.45) is 10.8 Å². The van der Waals surface area contributed by atoms with Gasteiger partial charge in [0.05, 0.1) is 52.9 Å². The summed E-state index contributed by atoms with van der Waals surface area (Å²) in [6, 6.07) is 97.9. The average molecular weight is 1360 g/mol. The van der Waals surface area contributed by atoms with Crippen LogP contribution in [0.5, 0.6) is 11.5 Å². The fourth-order valence-electron chi connectivity index (χ4n) is 15.8. The van der Waals surface area contributed by atoms with Crippen LogP contribution in [0.15, 0.2) is 267 Å². The average Bonchev–Trinajstić information content (AvgIpc) is 0.730. The first kappa shape index (κ1) is 67.7. The van der Waals surface area contributed by atoms with Gasteiger partial charge in [0, 0.05) is 37.3 Å². The smallest absolute Gasteiger partial charge is 0.127 e. The zero-order chi connectivity index (χ0) is 69.4. The van der Waals surface area contributed by atoms with Gasteiger partial charge in [-0.1, -0.05) is 257 Å². The fourth-order valence-corrected chi connectivity index (χ4v) is 15.8. The summed E-state index contributed by atoms with van der Waals surface area (Å²) in [7, 11) is 0. The van der Waals surface area contributed by atoms with E-state index >= 15 is 0 Å². The summed E-state index contributed by atoms with van der Waals surface area (Å²) in [5.74, 6) is 1.56. The molecule has 0 aliphatic carbocycles. The zero-order valence-electron chi connectivity index (χ0n) is 59.4. The first-order valence-corrected chi connectivity index (χ1v) is 37.4. The first-order valence-electron chi connectivity index (χ1n) is 37.4. The predicted octanol–water partition coefficient (Wildman–Crippen LogP) is 24.7. The number of hydrogen-bond acceptors (Lipinski definition) is 7. The topological polar surface area (TPSA) is 64.6 Å². The summed E-state index contributed by atoms with van der Waals surface area (Å²) in [5.41, 5.74) is 17.3. The van der Waals surface area contributed by atoms with Gasteiger partial charge in [0.2, 0.25) is 0 Å². The van der Waals surface area contributed by atoms with Crippen LogP contribution in [0.3, 0.4) is 0 Å². The van der Waals surface area contributed by atoms with Gasteiger partial charge < -0.3 is 33.2 Å². The SMILES string of the molecule is CCC1(COCCCCCOCc2ccc(-c3ccc(-c4c5ccccc5c(-c5ccc(Oc6ccc(-c7ccc(-c8c9ccccc9c(-c9ccc(COCCCCCOCC%10(CC)COC%10)cc9)c9ccccc89)c8ccccc78)cc6)cc5)c5ccccc45)c4ccccc34)cc2)COC1. The van der Waals surface area contributed by atoms with Crippen LogP contribution in [0.2, 0.25) is 0 Å². The molecule has 0 amide bonds. The number of hydrogen-bond donors (Lipinski definition) is 0. The van der Waals surface area contributed by atoms with Crippen LogP contribution in [0, 0.1) is 10.8 Å². The van der Waals surface area contributed by atoms with E-state index in [2.05, 4.69) is 281 Å². The molecule has 7 heteroatoms. The van der Waals surface area contributed by atoms with E-state index in [-0.39, 0.29) is 10.8 Å². The van der Waals surface area contributed by atoms with Crippen LogP contribution in [0.25, 0.3) is 131 Å². The second kappa shape index (κ2) is 31.0. The van der Waals surface area contributed by atoms with Crippen molar-refractivity contribution in [1.29, 1.82) is 0 Å². The molecule has 516 valence electrons. The number of ether oxygens (including phenoxy) is 7. The lowest BCUT2D eigenvalue weighted by Gasteiger charge is -2.40. The summed E-state index contributed by atoms with van der Waals surface area (Å²) in [6.07, 6.45) is 8.62. The highest BCUT2D eigenvalue weighted by molar-refractivity contribution is 6.26. The minimum atomic E-state index is 0.247. The third-order valence-electron chi connectivity index (χ3n) is 21.9. The van der Waals surface area contributed by atoms with E-state index in [1.807, 2.05) is 0 Å². The Morgan fingerprint density at radius 1 is 0.262 bits per heavy atom. The maximum atomic E-state index is 6.67. The number of rotatable bonds is 30. The van der Waals surface area contributed by atoms with Gasteiger partial charge >= 0.3 is 0 Å². The molecule has 0 aromatic heterocycles. The van der Waals surface area contributed by atoms with Crippen LogP contribution >= 0.6 is 0 Å². The normalized spacial score (nSPS) is 14.0.